The molecule has 0 aliphatic carbocycles. The van der Waals surface area contributed by atoms with Crippen LogP contribution in [0.25, 0.3) is 0 Å². The fraction of sp³-hybridized carbons (Fsp3) is 0.280. The Morgan fingerprint density at radius 2 is 1.55 bits per heavy atom. The summed E-state index contributed by atoms with van der Waals surface area (Å²) in [4.78, 5) is 20.1. The first kappa shape index (κ1) is 20.9. The molecule has 4 rings (SSSR count). The normalized spacial score (nSPS) is 14.4. The number of carboxylic acids is 1. The zero-order chi connectivity index (χ0) is 21.5. The fourth-order valence-electron chi connectivity index (χ4n) is 3.92. The lowest BCUT2D eigenvalue weighted by atomic mass is 9.98. The summed E-state index contributed by atoms with van der Waals surface area (Å²) in [6.45, 7) is 2.05. The number of ether oxygens (including phenoxy) is 1. The molecule has 1 aliphatic heterocycles. The summed E-state index contributed by atoms with van der Waals surface area (Å²) >= 11 is 0. The summed E-state index contributed by atoms with van der Waals surface area (Å²) in [7, 11) is 0. The van der Waals surface area contributed by atoms with Gasteiger partial charge in [-0.2, -0.15) is 0 Å². The van der Waals surface area contributed by atoms with Crippen LogP contribution in [0.2, 0.25) is 0 Å². The molecule has 1 fully saturated rings. The molecule has 0 radical (unpaired) electrons. The Morgan fingerprint density at radius 3 is 2.13 bits per heavy atom. The van der Waals surface area contributed by atoms with Crippen molar-refractivity contribution in [2.75, 3.05) is 36.1 Å². The molecule has 1 saturated heterocycles. The van der Waals surface area contributed by atoms with Gasteiger partial charge in [0.1, 0.15) is 18.2 Å². The molecule has 6 heteroatoms. The van der Waals surface area contributed by atoms with Gasteiger partial charge in [0.25, 0.3) is 0 Å². The van der Waals surface area contributed by atoms with Crippen molar-refractivity contribution in [1.82, 2.24) is 4.98 Å². The van der Waals surface area contributed by atoms with E-state index in [1.54, 1.807) is 0 Å². The van der Waals surface area contributed by atoms with Gasteiger partial charge in [-0.15, -0.1) is 0 Å². The highest BCUT2D eigenvalue weighted by Gasteiger charge is 2.22. The first-order valence-corrected chi connectivity index (χ1v) is 10.6. The molecule has 1 N–H and O–H groups in total. The minimum Gasteiger partial charge on any atom is -0.480 e. The fourth-order valence-corrected chi connectivity index (χ4v) is 3.92. The number of nitrogens with zero attached hydrogens (tertiary/aromatic N) is 3. The average Bonchev–Trinajstić information content (AvgIpc) is 2.81. The number of hydrogen-bond donors (Lipinski definition) is 1. The van der Waals surface area contributed by atoms with Gasteiger partial charge in [-0.05, 0) is 55.2 Å². The lowest BCUT2D eigenvalue weighted by Gasteiger charge is -2.33. The van der Waals surface area contributed by atoms with Crippen LogP contribution < -0.4 is 9.80 Å². The van der Waals surface area contributed by atoms with Crippen LogP contribution in [0.3, 0.4) is 0 Å². The molecular weight excluding hydrogens is 390 g/mol. The van der Waals surface area contributed by atoms with Gasteiger partial charge in [-0.25, -0.2) is 9.78 Å². The molecule has 1 aliphatic rings. The maximum absolute atomic E-state index is 10.6. The second kappa shape index (κ2) is 10.1. The second-order valence-electron chi connectivity index (χ2n) is 7.70. The highest BCUT2D eigenvalue weighted by molar-refractivity contribution is 5.74. The summed E-state index contributed by atoms with van der Waals surface area (Å²) in [5.74, 6) is 1.31. The van der Waals surface area contributed by atoms with Crippen LogP contribution in [0.4, 0.5) is 23.0 Å². The van der Waals surface area contributed by atoms with E-state index in [0.717, 1.165) is 48.9 Å². The molecular formula is C25H27N3O3. The number of carboxylic acid groups (broad SMARTS) is 1. The van der Waals surface area contributed by atoms with E-state index >= 15 is 0 Å². The summed E-state index contributed by atoms with van der Waals surface area (Å²) in [5.41, 5.74) is 2.13. The maximum atomic E-state index is 10.6. The zero-order valence-corrected chi connectivity index (χ0v) is 17.4. The number of benzene rings is 2. The van der Waals surface area contributed by atoms with Gasteiger partial charge in [-0.3, -0.25) is 4.90 Å². The van der Waals surface area contributed by atoms with Crippen molar-refractivity contribution < 1.29 is 14.6 Å². The van der Waals surface area contributed by atoms with Crippen molar-refractivity contribution in [2.45, 2.75) is 12.8 Å². The molecule has 1 aromatic heterocycles. The zero-order valence-electron chi connectivity index (χ0n) is 17.4. The topological polar surface area (TPSA) is 65.9 Å². The predicted octanol–water partition coefficient (Wildman–Crippen LogP) is 4.87. The van der Waals surface area contributed by atoms with Gasteiger partial charge in [-0.1, -0.05) is 42.5 Å². The molecule has 6 nitrogen and oxygen atoms in total. The van der Waals surface area contributed by atoms with Crippen LogP contribution in [0, 0.1) is 5.92 Å². The molecule has 0 amide bonds. The summed E-state index contributed by atoms with van der Waals surface area (Å²) in [5, 5.41) is 8.72. The molecule has 0 atom stereocenters. The standard InChI is InChI=1S/C25H27N3O3/c29-25(30)19-31-18-20-14-16-27(17-15-20)23-12-7-13-24(26-23)28(21-8-3-1-4-9-21)22-10-5-2-6-11-22/h1-13,20H,14-19H2,(H,29,30). The Bertz CT molecular complexity index is 934. The number of aromatic nitrogens is 1. The van der Waals surface area contributed by atoms with E-state index in [1.807, 2.05) is 42.5 Å². The van der Waals surface area contributed by atoms with Crippen LogP contribution in [0.15, 0.2) is 78.9 Å². The number of anilines is 4. The highest BCUT2D eigenvalue weighted by Crippen LogP contribution is 2.34. The average molecular weight is 418 g/mol. The van der Waals surface area contributed by atoms with Crippen molar-refractivity contribution >= 4 is 29.0 Å². The Morgan fingerprint density at radius 1 is 0.935 bits per heavy atom. The molecule has 0 bridgehead atoms. The smallest absolute Gasteiger partial charge is 0.329 e. The van der Waals surface area contributed by atoms with Crippen LogP contribution in [0.1, 0.15) is 12.8 Å². The summed E-state index contributed by atoms with van der Waals surface area (Å²) in [6, 6.07) is 26.7. The number of para-hydroxylation sites is 2. The number of piperidine rings is 1. The molecule has 0 spiro atoms. The Balaban J connectivity index is 1.50. The third-order valence-corrected chi connectivity index (χ3v) is 5.50. The first-order valence-electron chi connectivity index (χ1n) is 10.6. The van der Waals surface area contributed by atoms with Gasteiger partial charge in [0, 0.05) is 24.5 Å². The van der Waals surface area contributed by atoms with Crippen molar-refractivity contribution in [2.24, 2.45) is 5.92 Å². The van der Waals surface area contributed by atoms with Crippen LogP contribution in [-0.4, -0.2) is 42.4 Å². The molecule has 31 heavy (non-hydrogen) atoms. The molecule has 0 unspecified atom stereocenters. The largest absolute Gasteiger partial charge is 0.480 e. The number of hydrogen-bond acceptors (Lipinski definition) is 5. The number of carbonyl (C=O) groups is 1. The Hall–Kier alpha value is -3.38. The quantitative estimate of drug-likeness (QED) is 0.564. The number of pyridine rings is 1. The lowest BCUT2D eigenvalue weighted by molar-refractivity contribution is -0.142. The molecule has 2 heterocycles. The monoisotopic (exact) mass is 417 g/mol. The van der Waals surface area contributed by atoms with Crippen LogP contribution in [0.5, 0.6) is 0 Å². The van der Waals surface area contributed by atoms with E-state index in [9.17, 15) is 4.79 Å². The van der Waals surface area contributed by atoms with Crippen LogP contribution >= 0.6 is 0 Å². The molecule has 2 aromatic carbocycles. The van der Waals surface area contributed by atoms with Gasteiger partial charge in [0.15, 0.2) is 0 Å². The molecule has 0 saturated carbocycles. The third kappa shape index (κ3) is 5.41. The van der Waals surface area contributed by atoms with Crippen molar-refractivity contribution in [3.63, 3.8) is 0 Å². The van der Waals surface area contributed by atoms with E-state index in [0.29, 0.717) is 12.5 Å². The van der Waals surface area contributed by atoms with Gasteiger partial charge in [0.2, 0.25) is 0 Å². The lowest BCUT2D eigenvalue weighted by Crippen LogP contribution is -2.36. The maximum Gasteiger partial charge on any atom is 0.329 e. The van der Waals surface area contributed by atoms with E-state index in [1.165, 1.54) is 0 Å². The van der Waals surface area contributed by atoms with Gasteiger partial charge < -0.3 is 14.7 Å². The van der Waals surface area contributed by atoms with E-state index in [2.05, 4.69) is 46.2 Å². The van der Waals surface area contributed by atoms with Gasteiger partial charge >= 0.3 is 5.97 Å². The van der Waals surface area contributed by atoms with Crippen molar-refractivity contribution in [1.29, 1.82) is 0 Å². The second-order valence-corrected chi connectivity index (χ2v) is 7.70. The Labute approximate surface area is 182 Å². The minimum absolute atomic E-state index is 0.224. The van der Waals surface area contributed by atoms with E-state index < -0.39 is 5.97 Å². The summed E-state index contributed by atoms with van der Waals surface area (Å²) in [6.07, 6.45) is 1.93. The van der Waals surface area contributed by atoms with E-state index in [4.69, 9.17) is 14.8 Å². The van der Waals surface area contributed by atoms with Crippen LogP contribution in [-0.2, 0) is 9.53 Å². The summed E-state index contributed by atoms with van der Waals surface area (Å²) < 4.78 is 5.28. The highest BCUT2D eigenvalue weighted by atomic mass is 16.5. The van der Waals surface area contributed by atoms with E-state index in [-0.39, 0.29) is 6.61 Å². The number of aliphatic carboxylic acids is 1. The Kier molecular flexibility index (Phi) is 6.79. The first-order chi connectivity index (χ1) is 15.2. The van der Waals surface area contributed by atoms with Crippen molar-refractivity contribution in [3.05, 3.63) is 78.9 Å². The number of rotatable bonds is 8. The SMILES string of the molecule is O=C(O)COCC1CCN(c2cccc(N(c3ccccc3)c3ccccc3)n2)CC1. The minimum atomic E-state index is -0.917. The van der Waals surface area contributed by atoms with Crippen molar-refractivity contribution in [3.8, 4) is 0 Å². The predicted molar refractivity (Wildman–Crippen MR) is 122 cm³/mol. The third-order valence-electron chi connectivity index (χ3n) is 5.50. The molecule has 160 valence electrons. The molecule has 3 aromatic rings. The van der Waals surface area contributed by atoms with Gasteiger partial charge in [0.05, 0.1) is 6.61 Å².